The number of hydrogen-bond acceptors (Lipinski definition) is 3. The van der Waals surface area contributed by atoms with Gasteiger partial charge in [0.1, 0.15) is 11.9 Å². The maximum atomic E-state index is 13.3. The van der Waals surface area contributed by atoms with E-state index in [-0.39, 0.29) is 29.7 Å². The summed E-state index contributed by atoms with van der Waals surface area (Å²) in [5.74, 6) is -0.263. The lowest BCUT2D eigenvalue weighted by Gasteiger charge is -2.39. The van der Waals surface area contributed by atoms with E-state index in [1.165, 1.54) is 17.0 Å². The molecule has 24 heavy (non-hydrogen) atoms. The van der Waals surface area contributed by atoms with Crippen molar-refractivity contribution >= 4 is 11.9 Å². The molecule has 2 aromatic rings. The Bertz CT molecular complexity index is 771. The van der Waals surface area contributed by atoms with Gasteiger partial charge in [0, 0.05) is 24.4 Å². The number of aromatic amines is 1. The van der Waals surface area contributed by atoms with E-state index in [0.29, 0.717) is 19.3 Å². The van der Waals surface area contributed by atoms with Gasteiger partial charge in [0.05, 0.1) is 6.33 Å². The first kappa shape index (κ1) is 14.9. The van der Waals surface area contributed by atoms with E-state index in [2.05, 4.69) is 15.3 Å². The number of halogens is 1. The number of amides is 3. The van der Waals surface area contributed by atoms with E-state index in [9.17, 15) is 14.0 Å². The summed E-state index contributed by atoms with van der Waals surface area (Å²) in [5.41, 5.74) is 1.73. The van der Waals surface area contributed by atoms with Crippen LogP contribution in [0.3, 0.4) is 0 Å². The van der Waals surface area contributed by atoms with Crippen molar-refractivity contribution in [3.8, 4) is 0 Å². The number of carbonyl (C=O) groups excluding carboxylic acids is 2. The van der Waals surface area contributed by atoms with Gasteiger partial charge in [-0.15, -0.1) is 0 Å². The first-order valence-electron chi connectivity index (χ1n) is 7.98. The zero-order valence-electron chi connectivity index (χ0n) is 12.9. The summed E-state index contributed by atoms with van der Waals surface area (Å²) in [6, 6.07) is 5.50. The van der Waals surface area contributed by atoms with Gasteiger partial charge in [-0.05, 0) is 36.5 Å². The summed E-state index contributed by atoms with van der Waals surface area (Å²) < 4.78 is 13.3. The molecule has 7 heteroatoms. The third kappa shape index (κ3) is 2.55. The smallest absolute Gasteiger partial charge is 0.325 e. The van der Waals surface area contributed by atoms with Crippen LogP contribution in [0.4, 0.5) is 9.18 Å². The summed E-state index contributed by atoms with van der Waals surface area (Å²) >= 11 is 0. The van der Waals surface area contributed by atoms with Gasteiger partial charge >= 0.3 is 6.03 Å². The fourth-order valence-corrected chi connectivity index (χ4v) is 3.48. The highest BCUT2D eigenvalue weighted by Gasteiger charge is 2.46. The summed E-state index contributed by atoms with van der Waals surface area (Å²) in [7, 11) is 0. The highest BCUT2D eigenvalue weighted by atomic mass is 19.1. The van der Waals surface area contributed by atoms with Crippen molar-refractivity contribution in [1.82, 2.24) is 20.2 Å². The highest BCUT2D eigenvalue weighted by molar-refractivity contribution is 6.04. The van der Waals surface area contributed by atoms with Crippen molar-refractivity contribution in [2.45, 2.75) is 37.3 Å². The number of nitrogens with zero attached hydrogens (tertiary/aromatic N) is 2. The minimum atomic E-state index is -0.550. The van der Waals surface area contributed by atoms with Crippen molar-refractivity contribution in [3.05, 3.63) is 53.9 Å². The number of benzene rings is 1. The Labute approximate surface area is 138 Å². The van der Waals surface area contributed by atoms with E-state index < -0.39 is 6.04 Å². The zero-order chi connectivity index (χ0) is 16.7. The zero-order valence-corrected chi connectivity index (χ0v) is 12.9. The van der Waals surface area contributed by atoms with Gasteiger partial charge in [0.2, 0.25) is 0 Å². The molecule has 0 spiro atoms. The molecule has 4 rings (SSSR count). The fraction of sp³-hybridized carbons (Fsp3) is 0.353. The van der Waals surface area contributed by atoms with Crippen molar-refractivity contribution in [1.29, 1.82) is 0 Å². The van der Waals surface area contributed by atoms with Gasteiger partial charge in [-0.3, -0.25) is 9.69 Å². The normalized spacial score (nSPS) is 26.4. The molecule has 2 fully saturated rings. The minimum Gasteiger partial charge on any atom is -0.348 e. The number of H-pyrrole nitrogens is 1. The molecular formula is C17H17FN4O2. The molecule has 1 aromatic heterocycles. The lowest BCUT2D eigenvalue weighted by atomic mass is 9.75. The summed E-state index contributed by atoms with van der Waals surface area (Å²) in [6.07, 6.45) is 4.95. The van der Waals surface area contributed by atoms with E-state index in [1.54, 1.807) is 18.6 Å². The van der Waals surface area contributed by atoms with Gasteiger partial charge in [-0.1, -0.05) is 12.1 Å². The number of urea groups is 1. The molecule has 2 heterocycles. The third-order valence-corrected chi connectivity index (χ3v) is 4.83. The van der Waals surface area contributed by atoms with Gasteiger partial charge in [-0.25, -0.2) is 14.2 Å². The highest BCUT2D eigenvalue weighted by Crippen LogP contribution is 2.41. The molecule has 1 saturated carbocycles. The van der Waals surface area contributed by atoms with E-state index >= 15 is 0 Å². The predicted molar refractivity (Wildman–Crippen MR) is 83.6 cm³/mol. The second-order valence-corrected chi connectivity index (χ2v) is 6.37. The van der Waals surface area contributed by atoms with E-state index in [0.717, 1.165) is 11.3 Å². The molecule has 6 nitrogen and oxygen atoms in total. The number of aromatic nitrogens is 2. The van der Waals surface area contributed by atoms with Crippen LogP contribution in [-0.4, -0.2) is 38.9 Å². The molecule has 1 atom stereocenters. The third-order valence-electron chi connectivity index (χ3n) is 4.83. The molecule has 0 radical (unpaired) electrons. The predicted octanol–water partition coefficient (Wildman–Crippen LogP) is 1.96. The summed E-state index contributed by atoms with van der Waals surface area (Å²) in [4.78, 5) is 32.9. The van der Waals surface area contributed by atoms with Crippen molar-refractivity contribution in [3.63, 3.8) is 0 Å². The topological polar surface area (TPSA) is 78.1 Å². The minimum absolute atomic E-state index is 0.113. The average Bonchev–Trinajstić information content (AvgIpc) is 3.10. The van der Waals surface area contributed by atoms with Crippen molar-refractivity contribution < 1.29 is 14.0 Å². The molecular weight excluding hydrogens is 311 g/mol. The molecule has 2 N–H and O–H groups in total. The molecule has 1 aliphatic heterocycles. The van der Waals surface area contributed by atoms with Gasteiger partial charge in [-0.2, -0.15) is 0 Å². The lowest BCUT2D eigenvalue weighted by molar-refractivity contribution is -0.130. The second-order valence-electron chi connectivity index (χ2n) is 6.37. The lowest BCUT2D eigenvalue weighted by Crippen LogP contribution is -2.47. The molecule has 0 unspecified atom stereocenters. The Morgan fingerprint density at radius 3 is 2.83 bits per heavy atom. The van der Waals surface area contributed by atoms with Crippen LogP contribution in [0.2, 0.25) is 0 Å². The Morgan fingerprint density at radius 2 is 2.12 bits per heavy atom. The largest absolute Gasteiger partial charge is 0.348 e. The molecule has 1 saturated heterocycles. The molecule has 124 valence electrons. The number of rotatable bonds is 4. The first-order valence-corrected chi connectivity index (χ1v) is 7.98. The monoisotopic (exact) mass is 328 g/mol. The van der Waals surface area contributed by atoms with Gasteiger partial charge in [0.25, 0.3) is 5.91 Å². The fourth-order valence-electron chi connectivity index (χ4n) is 3.48. The van der Waals surface area contributed by atoms with Crippen molar-refractivity contribution in [2.24, 2.45) is 0 Å². The van der Waals surface area contributed by atoms with Crippen LogP contribution in [0.25, 0.3) is 0 Å². The quantitative estimate of drug-likeness (QED) is 0.842. The van der Waals surface area contributed by atoms with Gasteiger partial charge in [0.15, 0.2) is 0 Å². The average molecular weight is 328 g/mol. The van der Waals surface area contributed by atoms with E-state index in [4.69, 9.17) is 0 Å². The van der Waals surface area contributed by atoms with Crippen LogP contribution in [0.5, 0.6) is 0 Å². The molecule has 1 aromatic carbocycles. The Kier molecular flexibility index (Phi) is 3.55. The molecule has 3 amide bonds. The number of imidazole rings is 1. The Balaban J connectivity index is 1.40. The van der Waals surface area contributed by atoms with Crippen molar-refractivity contribution in [2.75, 3.05) is 0 Å². The van der Waals surface area contributed by atoms with Crippen LogP contribution in [0.1, 0.15) is 30.0 Å². The molecule has 2 aliphatic rings. The standard InChI is InChI=1S/C17H17FN4O2/c18-12-3-1-2-10(4-12)11-5-14(6-11)22-16(23)15(21-17(22)24)7-13-8-19-9-20-13/h1-4,8-9,11,14-15H,5-7H2,(H,19,20)(H,21,24)/t11?,14?,15-/m0/s1. The van der Waals surface area contributed by atoms with Crippen LogP contribution >= 0.6 is 0 Å². The Hall–Kier alpha value is -2.70. The van der Waals surface area contributed by atoms with E-state index in [1.807, 2.05) is 6.07 Å². The van der Waals surface area contributed by atoms with Crippen LogP contribution in [0, 0.1) is 5.82 Å². The summed E-state index contributed by atoms with van der Waals surface area (Å²) in [6.45, 7) is 0. The molecule has 0 bridgehead atoms. The van der Waals surface area contributed by atoms with Crippen LogP contribution in [-0.2, 0) is 11.2 Å². The number of imide groups is 1. The van der Waals surface area contributed by atoms with Crippen LogP contribution < -0.4 is 5.32 Å². The Morgan fingerprint density at radius 1 is 1.29 bits per heavy atom. The number of nitrogens with one attached hydrogen (secondary N) is 2. The first-order chi connectivity index (χ1) is 11.6. The second kappa shape index (κ2) is 5.74. The summed E-state index contributed by atoms with van der Waals surface area (Å²) in [5, 5.41) is 2.73. The maximum Gasteiger partial charge on any atom is 0.325 e. The van der Waals surface area contributed by atoms with Crippen LogP contribution in [0.15, 0.2) is 36.8 Å². The van der Waals surface area contributed by atoms with Gasteiger partial charge < -0.3 is 10.3 Å². The number of hydrogen-bond donors (Lipinski definition) is 2. The molecule has 1 aliphatic carbocycles. The number of carbonyl (C=O) groups is 2. The SMILES string of the molecule is O=C1N[C@@H](Cc2cnc[nH]2)C(=O)N1C1CC(c2cccc(F)c2)C1. The maximum absolute atomic E-state index is 13.3.